The second-order valence-corrected chi connectivity index (χ2v) is 8.60. The van der Waals surface area contributed by atoms with E-state index >= 15 is 0 Å². The van der Waals surface area contributed by atoms with Gasteiger partial charge in [0.05, 0.1) is 19.8 Å². The lowest BCUT2D eigenvalue weighted by atomic mass is 10.2. The zero-order valence-corrected chi connectivity index (χ0v) is 21.0. The average Bonchev–Trinajstić information content (AvgIpc) is 2.77. The number of hydrogen-bond acceptors (Lipinski definition) is 4. The van der Waals surface area contributed by atoms with E-state index in [2.05, 4.69) is 84.0 Å². The number of aliphatic imine (C=N–C) groups is 1. The van der Waals surface area contributed by atoms with Crippen LogP contribution in [-0.4, -0.2) is 50.6 Å². The van der Waals surface area contributed by atoms with Crippen LogP contribution < -0.4 is 15.5 Å². The zero-order chi connectivity index (χ0) is 20.3. The number of morpholine rings is 1. The van der Waals surface area contributed by atoms with Crippen molar-refractivity contribution in [3.05, 3.63) is 60.2 Å². The Morgan fingerprint density at radius 3 is 2.43 bits per heavy atom. The molecule has 0 aromatic heterocycles. The van der Waals surface area contributed by atoms with E-state index in [-0.39, 0.29) is 24.0 Å². The van der Waals surface area contributed by atoms with E-state index in [0.717, 1.165) is 45.4 Å². The van der Waals surface area contributed by atoms with Crippen molar-refractivity contribution in [1.82, 2.24) is 10.6 Å². The molecule has 1 unspecified atom stereocenters. The molecule has 0 spiro atoms. The van der Waals surface area contributed by atoms with Crippen LogP contribution >= 0.6 is 35.7 Å². The molecule has 1 aliphatic rings. The number of benzene rings is 2. The van der Waals surface area contributed by atoms with Gasteiger partial charge >= 0.3 is 0 Å². The van der Waals surface area contributed by atoms with Crippen LogP contribution in [0.2, 0.25) is 0 Å². The minimum absolute atomic E-state index is 0. The summed E-state index contributed by atoms with van der Waals surface area (Å²) in [6.07, 6.45) is 0. The summed E-state index contributed by atoms with van der Waals surface area (Å²) in [5, 5.41) is 7.27. The Labute approximate surface area is 202 Å². The van der Waals surface area contributed by atoms with Crippen LogP contribution in [0.25, 0.3) is 0 Å². The monoisotopic (exact) mass is 540 g/mol. The van der Waals surface area contributed by atoms with Crippen molar-refractivity contribution in [2.45, 2.75) is 30.5 Å². The minimum atomic E-state index is 0. The van der Waals surface area contributed by atoms with Crippen molar-refractivity contribution in [1.29, 1.82) is 0 Å². The Bertz CT molecular complexity index is 752. The van der Waals surface area contributed by atoms with E-state index < -0.39 is 0 Å². The number of guanidine groups is 1. The summed E-state index contributed by atoms with van der Waals surface area (Å²) >= 11 is 1.87. The molecule has 0 amide bonds. The summed E-state index contributed by atoms with van der Waals surface area (Å²) in [5.41, 5.74) is 2.48. The minimum Gasteiger partial charge on any atom is -0.378 e. The molecule has 30 heavy (non-hydrogen) atoms. The molecule has 0 aliphatic carbocycles. The smallest absolute Gasteiger partial charge is 0.191 e. The largest absolute Gasteiger partial charge is 0.378 e. The topological polar surface area (TPSA) is 48.9 Å². The van der Waals surface area contributed by atoms with Crippen LogP contribution in [0, 0.1) is 0 Å². The summed E-state index contributed by atoms with van der Waals surface area (Å²) in [6.45, 7) is 10.3. The molecule has 1 saturated heterocycles. The van der Waals surface area contributed by atoms with Gasteiger partial charge in [-0.05, 0) is 36.8 Å². The fourth-order valence-electron chi connectivity index (χ4n) is 3.16. The lowest BCUT2D eigenvalue weighted by molar-refractivity contribution is 0.122. The van der Waals surface area contributed by atoms with Gasteiger partial charge in [-0.1, -0.05) is 37.3 Å². The van der Waals surface area contributed by atoms with Gasteiger partial charge in [-0.15, -0.1) is 35.7 Å². The summed E-state index contributed by atoms with van der Waals surface area (Å²) in [5.74, 6) is 0.866. The highest BCUT2D eigenvalue weighted by molar-refractivity contribution is 14.0. The van der Waals surface area contributed by atoms with Gasteiger partial charge in [-0.2, -0.15) is 0 Å². The number of rotatable bonds is 8. The fourth-order valence-corrected chi connectivity index (χ4v) is 4.10. The molecular formula is C23H33IN4OS. The Kier molecular flexibility index (Phi) is 11.4. The molecule has 0 radical (unpaired) electrons. The van der Waals surface area contributed by atoms with Crippen molar-refractivity contribution in [2.75, 3.05) is 44.3 Å². The molecular weight excluding hydrogens is 507 g/mol. The second-order valence-electron chi connectivity index (χ2n) is 7.08. The molecule has 0 saturated carbocycles. The lowest BCUT2D eigenvalue weighted by Crippen LogP contribution is -2.40. The molecule has 7 heteroatoms. The van der Waals surface area contributed by atoms with Crippen molar-refractivity contribution in [3.8, 4) is 0 Å². The maximum absolute atomic E-state index is 5.43. The van der Waals surface area contributed by atoms with E-state index in [0.29, 0.717) is 11.8 Å². The highest BCUT2D eigenvalue weighted by Gasteiger charge is 2.11. The van der Waals surface area contributed by atoms with Gasteiger partial charge in [-0.3, -0.25) is 0 Å². The Morgan fingerprint density at radius 1 is 1.07 bits per heavy atom. The van der Waals surface area contributed by atoms with Gasteiger partial charge in [-0.25, -0.2) is 4.99 Å². The molecule has 2 aromatic rings. The first-order chi connectivity index (χ1) is 14.2. The van der Waals surface area contributed by atoms with Crippen LogP contribution in [0.1, 0.15) is 19.4 Å². The van der Waals surface area contributed by atoms with Gasteiger partial charge in [0.2, 0.25) is 0 Å². The van der Waals surface area contributed by atoms with Gasteiger partial charge in [0.25, 0.3) is 0 Å². The highest BCUT2D eigenvalue weighted by atomic mass is 127. The van der Waals surface area contributed by atoms with Crippen LogP contribution in [0.15, 0.2) is 64.5 Å². The van der Waals surface area contributed by atoms with Gasteiger partial charge in [0.1, 0.15) is 0 Å². The van der Waals surface area contributed by atoms with Crippen molar-refractivity contribution in [2.24, 2.45) is 4.99 Å². The van der Waals surface area contributed by atoms with E-state index in [1.807, 2.05) is 11.8 Å². The van der Waals surface area contributed by atoms with Gasteiger partial charge in [0.15, 0.2) is 5.96 Å². The molecule has 3 rings (SSSR count). The second kappa shape index (κ2) is 13.8. The molecule has 0 bridgehead atoms. The molecule has 1 aliphatic heterocycles. The summed E-state index contributed by atoms with van der Waals surface area (Å²) in [4.78, 5) is 8.42. The standard InChI is InChI=1S/C23H32N4OS.HI/c1-3-24-23(25-17-19(2)29-22-7-5-4-6-8-22)26-18-20-9-11-21(12-10-20)27-13-15-28-16-14-27;/h4-12,19H,3,13-18H2,1-2H3,(H2,24,25,26);1H. The predicted molar refractivity (Wildman–Crippen MR) is 139 cm³/mol. The van der Waals surface area contributed by atoms with Gasteiger partial charge < -0.3 is 20.3 Å². The lowest BCUT2D eigenvalue weighted by Gasteiger charge is -2.28. The highest BCUT2D eigenvalue weighted by Crippen LogP contribution is 2.22. The predicted octanol–water partition coefficient (Wildman–Crippen LogP) is 4.38. The molecule has 1 atom stereocenters. The van der Waals surface area contributed by atoms with Crippen molar-refractivity contribution in [3.63, 3.8) is 0 Å². The number of halogens is 1. The molecule has 1 fully saturated rings. The Hall–Kier alpha value is -1.45. The molecule has 164 valence electrons. The number of anilines is 1. The first kappa shape index (κ1) is 24.8. The van der Waals surface area contributed by atoms with E-state index in [1.54, 1.807) is 0 Å². The number of nitrogens with one attached hydrogen (secondary N) is 2. The average molecular weight is 541 g/mol. The first-order valence-corrected chi connectivity index (χ1v) is 11.3. The Morgan fingerprint density at radius 2 is 1.77 bits per heavy atom. The Balaban J connectivity index is 0.00000320. The summed E-state index contributed by atoms with van der Waals surface area (Å²) < 4.78 is 5.43. The van der Waals surface area contributed by atoms with Crippen molar-refractivity contribution >= 4 is 47.4 Å². The maximum Gasteiger partial charge on any atom is 0.191 e. The van der Waals surface area contributed by atoms with Gasteiger partial charge in [0, 0.05) is 42.0 Å². The molecule has 1 heterocycles. The van der Waals surface area contributed by atoms with E-state index in [9.17, 15) is 0 Å². The first-order valence-electron chi connectivity index (χ1n) is 10.4. The molecule has 2 N–H and O–H groups in total. The third kappa shape index (κ3) is 8.35. The number of ether oxygens (including phenoxy) is 1. The zero-order valence-electron chi connectivity index (χ0n) is 17.8. The fraction of sp³-hybridized carbons (Fsp3) is 0.435. The number of thioether (sulfide) groups is 1. The van der Waals surface area contributed by atoms with Crippen LogP contribution in [-0.2, 0) is 11.3 Å². The van der Waals surface area contributed by atoms with E-state index in [1.165, 1.54) is 16.1 Å². The van der Waals surface area contributed by atoms with Crippen LogP contribution in [0.5, 0.6) is 0 Å². The summed E-state index contributed by atoms with van der Waals surface area (Å²) in [7, 11) is 0. The molecule has 2 aromatic carbocycles. The number of hydrogen-bond donors (Lipinski definition) is 2. The van der Waals surface area contributed by atoms with E-state index in [4.69, 9.17) is 9.73 Å². The number of nitrogens with zero attached hydrogens (tertiary/aromatic N) is 2. The SMILES string of the molecule is CCNC(=NCc1ccc(N2CCOCC2)cc1)NCC(C)Sc1ccccc1.I. The van der Waals surface area contributed by atoms with Crippen LogP contribution in [0.3, 0.4) is 0 Å². The molecule has 5 nitrogen and oxygen atoms in total. The van der Waals surface area contributed by atoms with Crippen LogP contribution in [0.4, 0.5) is 5.69 Å². The summed E-state index contributed by atoms with van der Waals surface area (Å²) in [6, 6.07) is 19.2. The third-order valence-electron chi connectivity index (χ3n) is 4.71. The van der Waals surface area contributed by atoms with Crippen molar-refractivity contribution < 1.29 is 4.74 Å². The maximum atomic E-state index is 5.43. The normalized spacial score (nSPS) is 15.3. The quantitative estimate of drug-likeness (QED) is 0.225. The third-order valence-corrected chi connectivity index (χ3v) is 5.83.